The third kappa shape index (κ3) is 3.09. The van der Waals surface area contributed by atoms with Gasteiger partial charge in [-0.1, -0.05) is 45.5 Å². The Bertz CT molecular complexity index is 854. The lowest BCUT2D eigenvalue weighted by Crippen LogP contribution is -1.86. The Morgan fingerprint density at radius 3 is 2.95 bits per heavy atom. The van der Waals surface area contributed by atoms with Crippen LogP contribution in [0.2, 0.25) is 0 Å². The largest absolute Gasteiger partial charge is 0.234 e. The summed E-state index contributed by atoms with van der Waals surface area (Å²) in [6, 6.07) is 10.3. The minimum Gasteiger partial charge on any atom is -0.234 e. The Morgan fingerprint density at radius 2 is 2.24 bits per heavy atom. The normalized spacial score (nSPS) is 10.7. The maximum atomic E-state index is 9.34. The van der Waals surface area contributed by atoms with Crippen molar-refractivity contribution in [1.29, 1.82) is 5.26 Å². The van der Waals surface area contributed by atoms with Crippen LogP contribution in [0.15, 0.2) is 49.1 Å². The van der Waals surface area contributed by atoms with E-state index in [0.717, 1.165) is 23.3 Å². The van der Waals surface area contributed by atoms with Crippen LogP contribution in [0.25, 0.3) is 10.3 Å². The molecule has 0 aliphatic heterocycles. The number of nitriles is 1. The second-order valence-electron chi connectivity index (χ2n) is 4.01. The van der Waals surface area contributed by atoms with Gasteiger partial charge in [0.1, 0.15) is 6.07 Å². The van der Waals surface area contributed by atoms with Crippen LogP contribution in [0.4, 0.5) is 0 Å². The topological polar surface area (TPSA) is 49.6 Å². The molecule has 7 heteroatoms. The van der Waals surface area contributed by atoms with Crippen molar-refractivity contribution in [2.75, 3.05) is 6.26 Å². The lowest BCUT2D eigenvalue weighted by atomic mass is 10.3. The molecule has 0 amide bonds. The van der Waals surface area contributed by atoms with Crippen molar-refractivity contribution in [3.8, 4) is 6.07 Å². The summed E-state index contributed by atoms with van der Waals surface area (Å²) >= 11 is 8.22. The second kappa shape index (κ2) is 6.36. The summed E-state index contributed by atoms with van der Waals surface area (Å²) in [6.45, 7) is 0. The van der Waals surface area contributed by atoms with E-state index in [-0.39, 0.29) is 0 Å². The first-order chi connectivity index (χ1) is 10.2. The molecule has 0 fully saturated rings. The second-order valence-corrected chi connectivity index (χ2v) is 8.06. The minimum absolute atomic E-state index is 0.587. The van der Waals surface area contributed by atoms with Gasteiger partial charge in [-0.25, -0.2) is 9.97 Å². The third-order valence-corrected chi connectivity index (χ3v) is 6.46. The lowest BCUT2D eigenvalue weighted by Gasteiger charge is -2.05. The molecule has 0 saturated heterocycles. The van der Waals surface area contributed by atoms with Gasteiger partial charge in [0.15, 0.2) is 9.99 Å². The number of fused-ring (bicyclic) bond motifs is 1. The van der Waals surface area contributed by atoms with Crippen molar-refractivity contribution >= 4 is 61.1 Å². The van der Waals surface area contributed by atoms with Gasteiger partial charge in [0, 0.05) is 15.6 Å². The molecule has 21 heavy (non-hydrogen) atoms. The van der Waals surface area contributed by atoms with Crippen LogP contribution in [0, 0.1) is 11.3 Å². The quantitative estimate of drug-likeness (QED) is 0.572. The third-order valence-electron chi connectivity index (χ3n) is 2.67. The highest BCUT2D eigenvalue weighted by Gasteiger charge is 2.15. The molecular formula is C14H8BrN3S3. The first-order valence-electron chi connectivity index (χ1n) is 5.88. The summed E-state index contributed by atoms with van der Waals surface area (Å²) in [7, 11) is 0. The maximum absolute atomic E-state index is 9.34. The van der Waals surface area contributed by atoms with Crippen LogP contribution < -0.4 is 0 Å². The minimum atomic E-state index is 0.587. The van der Waals surface area contributed by atoms with E-state index < -0.39 is 0 Å². The van der Waals surface area contributed by atoms with Crippen molar-refractivity contribution < 1.29 is 0 Å². The smallest absolute Gasteiger partial charge is 0.172 e. The predicted molar refractivity (Wildman–Crippen MR) is 92.2 cm³/mol. The number of hydrogen-bond acceptors (Lipinski definition) is 6. The van der Waals surface area contributed by atoms with E-state index in [4.69, 9.17) is 0 Å². The highest BCUT2D eigenvalue weighted by atomic mass is 79.9. The average Bonchev–Trinajstić information content (AvgIpc) is 2.91. The van der Waals surface area contributed by atoms with Crippen LogP contribution in [0.3, 0.4) is 0 Å². The standard InChI is InChI=1S/C14H8BrN3S3/c1-19-14-18-13-12(21-14)11(8(6-16)7-17-13)20-10-4-2-3-9(15)5-10/h2-5,7H,1H3. The van der Waals surface area contributed by atoms with E-state index in [0.29, 0.717) is 11.2 Å². The van der Waals surface area contributed by atoms with Gasteiger partial charge in [0.05, 0.1) is 15.2 Å². The number of rotatable bonds is 3. The number of hydrogen-bond donors (Lipinski definition) is 0. The van der Waals surface area contributed by atoms with Crippen molar-refractivity contribution in [1.82, 2.24) is 9.97 Å². The van der Waals surface area contributed by atoms with E-state index >= 15 is 0 Å². The summed E-state index contributed by atoms with van der Waals surface area (Å²) in [5, 5.41) is 9.34. The van der Waals surface area contributed by atoms with Crippen LogP contribution in [0.5, 0.6) is 0 Å². The van der Waals surface area contributed by atoms with Gasteiger partial charge in [-0.2, -0.15) is 5.26 Å². The number of thiazole rings is 1. The van der Waals surface area contributed by atoms with Gasteiger partial charge in [-0.3, -0.25) is 0 Å². The number of pyridine rings is 1. The van der Waals surface area contributed by atoms with Crippen molar-refractivity contribution in [3.63, 3.8) is 0 Å². The first-order valence-corrected chi connectivity index (χ1v) is 9.53. The zero-order valence-electron chi connectivity index (χ0n) is 10.8. The Balaban J connectivity index is 2.15. The Labute approximate surface area is 142 Å². The SMILES string of the molecule is CSc1nc2ncc(C#N)c(Sc3cccc(Br)c3)c2s1. The zero-order chi connectivity index (χ0) is 14.8. The number of halogens is 1. The fourth-order valence-corrected chi connectivity index (χ4v) is 4.97. The van der Waals surface area contributed by atoms with Crippen LogP contribution >= 0.6 is 50.8 Å². The molecular weight excluding hydrogens is 386 g/mol. The number of nitrogens with zero attached hydrogens (tertiary/aromatic N) is 3. The summed E-state index contributed by atoms with van der Waals surface area (Å²) < 4.78 is 2.96. The Kier molecular flexibility index (Phi) is 4.50. The molecule has 0 aliphatic carbocycles. The van der Waals surface area contributed by atoms with Gasteiger partial charge < -0.3 is 0 Å². The van der Waals surface area contributed by atoms with Crippen LogP contribution in [-0.4, -0.2) is 16.2 Å². The molecule has 2 aromatic heterocycles. The maximum Gasteiger partial charge on any atom is 0.172 e. The van der Waals surface area contributed by atoms with Gasteiger partial charge in [-0.15, -0.1) is 11.3 Å². The lowest BCUT2D eigenvalue weighted by molar-refractivity contribution is 1.21. The summed E-state index contributed by atoms with van der Waals surface area (Å²) in [6.07, 6.45) is 3.59. The highest BCUT2D eigenvalue weighted by molar-refractivity contribution is 9.10. The zero-order valence-corrected chi connectivity index (χ0v) is 14.9. The highest BCUT2D eigenvalue weighted by Crippen LogP contribution is 2.40. The monoisotopic (exact) mass is 393 g/mol. The van der Waals surface area contributed by atoms with E-state index in [1.807, 2.05) is 30.5 Å². The van der Waals surface area contributed by atoms with Crippen molar-refractivity contribution in [2.45, 2.75) is 14.1 Å². The predicted octanol–water partition coefficient (Wildman–Crippen LogP) is 5.20. The molecule has 0 saturated carbocycles. The van der Waals surface area contributed by atoms with Crippen molar-refractivity contribution in [3.05, 3.63) is 40.5 Å². The molecule has 2 heterocycles. The van der Waals surface area contributed by atoms with Crippen LogP contribution in [-0.2, 0) is 0 Å². The Hall–Kier alpha value is -1.07. The van der Waals surface area contributed by atoms with E-state index in [1.54, 1.807) is 41.1 Å². The van der Waals surface area contributed by atoms with Gasteiger partial charge >= 0.3 is 0 Å². The molecule has 0 bridgehead atoms. The molecule has 0 atom stereocenters. The van der Waals surface area contributed by atoms with Gasteiger partial charge in [-0.05, 0) is 24.5 Å². The number of benzene rings is 1. The molecule has 3 aromatic rings. The molecule has 3 nitrogen and oxygen atoms in total. The van der Waals surface area contributed by atoms with Crippen LogP contribution in [0.1, 0.15) is 5.56 Å². The molecule has 0 aliphatic rings. The number of thioether (sulfide) groups is 1. The Morgan fingerprint density at radius 1 is 1.38 bits per heavy atom. The molecule has 1 aromatic carbocycles. The molecule has 0 N–H and O–H groups in total. The van der Waals surface area contributed by atoms with E-state index in [2.05, 4.69) is 32.0 Å². The van der Waals surface area contributed by atoms with E-state index in [9.17, 15) is 5.26 Å². The van der Waals surface area contributed by atoms with Gasteiger partial charge in [0.25, 0.3) is 0 Å². The summed E-state index contributed by atoms with van der Waals surface area (Å²) in [5.41, 5.74) is 1.30. The molecule has 0 radical (unpaired) electrons. The molecule has 104 valence electrons. The number of aromatic nitrogens is 2. The molecule has 3 rings (SSSR count). The summed E-state index contributed by atoms with van der Waals surface area (Å²) in [5.74, 6) is 0. The fourth-order valence-electron chi connectivity index (χ4n) is 1.75. The first kappa shape index (κ1) is 14.9. The fraction of sp³-hybridized carbons (Fsp3) is 0.0714. The molecule has 0 unspecified atom stereocenters. The molecule has 0 spiro atoms. The van der Waals surface area contributed by atoms with E-state index in [1.165, 1.54) is 0 Å². The van der Waals surface area contributed by atoms with Crippen molar-refractivity contribution in [2.24, 2.45) is 0 Å². The van der Waals surface area contributed by atoms with Gasteiger partial charge in [0.2, 0.25) is 0 Å². The summed E-state index contributed by atoms with van der Waals surface area (Å²) in [4.78, 5) is 10.8. The average molecular weight is 394 g/mol.